The zero-order valence-electron chi connectivity index (χ0n) is 15.7. The molecule has 0 aliphatic carbocycles. The van der Waals surface area contributed by atoms with Crippen LogP contribution in [0.4, 0.5) is 17.3 Å². The Bertz CT molecular complexity index is 1010. The van der Waals surface area contributed by atoms with Crippen molar-refractivity contribution in [2.24, 2.45) is 0 Å². The van der Waals surface area contributed by atoms with Gasteiger partial charge in [-0.15, -0.1) is 0 Å². The fourth-order valence-corrected chi connectivity index (χ4v) is 3.13. The van der Waals surface area contributed by atoms with E-state index < -0.39 is 0 Å². The molecule has 8 nitrogen and oxygen atoms in total. The topological polar surface area (TPSA) is 98.0 Å². The molecule has 1 saturated heterocycles. The Morgan fingerprint density at radius 2 is 1.62 bits per heavy atom. The van der Waals surface area contributed by atoms with Crippen LogP contribution < -0.4 is 15.1 Å². The largest absolute Gasteiger partial charge is 0.353 e. The molecule has 1 aliphatic heterocycles. The Morgan fingerprint density at radius 3 is 2.21 bits per heavy atom. The molecular formula is C21H19N7O. The second-order valence-corrected chi connectivity index (χ2v) is 6.57. The number of piperazine rings is 1. The number of benzene rings is 1. The summed E-state index contributed by atoms with van der Waals surface area (Å²) in [6, 6.07) is 14.6. The van der Waals surface area contributed by atoms with Gasteiger partial charge in [-0.1, -0.05) is 6.07 Å². The molecule has 3 aromatic rings. The zero-order valence-corrected chi connectivity index (χ0v) is 15.7. The summed E-state index contributed by atoms with van der Waals surface area (Å²) >= 11 is 0. The molecule has 0 unspecified atom stereocenters. The summed E-state index contributed by atoms with van der Waals surface area (Å²) in [4.78, 5) is 29.8. The third kappa shape index (κ3) is 4.30. The predicted molar refractivity (Wildman–Crippen MR) is 110 cm³/mol. The van der Waals surface area contributed by atoms with Crippen LogP contribution in [0.5, 0.6) is 0 Å². The Morgan fingerprint density at radius 1 is 0.897 bits per heavy atom. The standard InChI is InChI=1S/C21H19N7O/c22-13-16-4-6-17(7-5-16)26-21(29)18-14-25-20(15-24-18)28-11-9-27(10-12-28)19-3-1-2-8-23-19/h1-8,14-15H,9-12H2,(H,26,29). The number of anilines is 3. The minimum atomic E-state index is -0.339. The van der Waals surface area contributed by atoms with E-state index in [-0.39, 0.29) is 11.6 Å². The fourth-order valence-electron chi connectivity index (χ4n) is 3.13. The maximum atomic E-state index is 12.4. The van der Waals surface area contributed by atoms with Crippen molar-refractivity contribution in [3.05, 3.63) is 72.3 Å². The molecule has 144 valence electrons. The number of carbonyl (C=O) groups is 1. The van der Waals surface area contributed by atoms with Crippen molar-refractivity contribution < 1.29 is 4.79 Å². The lowest BCUT2D eigenvalue weighted by Gasteiger charge is -2.35. The third-order valence-electron chi connectivity index (χ3n) is 4.72. The van der Waals surface area contributed by atoms with E-state index in [1.54, 1.807) is 36.7 Å². The number of hydrogen-bond donors (Lipinski definition) is 1. The van der Waals surface area contributed by atoms with E-state index in [2.05, 4.69) is 30.1 Å². The van der Waals surface area contributed by atoms with Crippen molar-refractivity contribution in [2.75, 3.05) is 41.3 Å². The van der Waals surface area contributed by atoms with Gasteiger partial charge in [-0.3, -0.25) is 4.79 Å². The predicted octanol–water partition coefficient (Wildman–Crippen LogP) is 2.32. The van der Waals surface area contributed by atoms with Crippen molar-refractivity contribution in [1.29, 1.82) is 5.26 Å². The van der Waals surface area contributed by atoms with Gasteiger partial charge in [0.05, 0.1) is 24.0 Å². The maximum Gasteiger partial charge on any atom is 0.275 e. The van der Waals surface area contributed by atoms with E-state index in [1.807, 2.05) is 24.3 Å². The summed E-state index contributed by atoms with van der Waals surface area (Å²) in [6.07, 6.45) is 4.92. The third-order valence-corrected chi connectivity index (χ3v) is 4.72. The van der Waals surface area contributed by atoms with Crippen LogP contribution in [0.2, 0.25) is 0 Å². The van der Waals surface area contributed by atoms with Gasteiger partial charge in [0, 0.05) is 38.1 Å². The molecule has 1 aliphatic rings. The van der Waals surface area contributed by atoms with Gasteiger partial charge in [-0.2, -0.15) is 5.26 Å². The highest BCUT2D eigenvalue weighted by Gasteiger charge is 2.19. The summed E-state index contributed by atoms with van der Waals surface area (Å²) in [7, 11) is 0. The molecule has 8 heteroatoms. The molecular weight excluding hydrogens is 366 g/mol. The SMILES string of the molecule is N#Cc1ccc(NC(=O)c2cnc(N3CCN(c4ccccn4)CC3)cn2)cc1. The van der Waals surface area contributed by atoms with Gasteiger partial charge in [0.15, 0.2) is 0 Å². The van der Waals surface area contributed by atoms with E-state index in [0.717, 1.165) is 37.8 Å². The highest BCUT2D eigenvalue weighted by Crippen LogP contribution is 2.17. The van der Waals surface area contributed by atoms with Gasteiger partial charge in [-0.05, 0) is 36.4 Å². The average molecular weight is 385 g/mol. The quantitative estimate of drug-likeness (QED) is 0.736. The van der Waals surface area contributed by atoms with Crippen molar-refractivity contribution in [2.45, 2.75) is 0 Å². The van der Waals surface area contributed by atoms with E-state index in [1.165, 1.54) is 6.20 Å². The molecule has 3 heterocycles. The normalized spacial score (nSPS) is 13.6. The number of nitrogens with zero attached hydrogens (tertiary/aromatic N) is 6. The molecule has 0 spiro atoms. The minimum absolute atomic E-state index is 0.241. The Labute approximate surface area is 168 Å². The number of nitriles is 1. The van der Waals surface area contributed by atoms with Crippen LogP contribution in [0, 0.1) is 11.3 Å². The van der Waals surface area contributed by atoms with Crippen molar-refractivity contribution in [3.63, 3.8) is 0 Å². The van der Waals surface area contributed by atoms with Gasteiger partial charge in [0.2, 0.25) is 0 Å². The lowest BCUT2D eigenvalue weighted by Crippen LogP contribution is -2.47. The van der Waals surface area contributed by atoms with Crippen LogP contribution in [0.25, 0.3) is 0 Å². The summed E-state index contributed by atoms with van der Waals surface area (Å²) in [5.74, 6) is 1.39. The first-order chi connectivity index (χ1) is 14.2. The molecule has 0 atom stereocenters. The van der Waals surface area contributed by atoms with E-state index in [9.17, 15) is 4.79 Å². The van der Waals surface area contributed by atoms with Crippen LogP contribution in [-0.4, -0.2) is 47.0 Å². The molecule has 29 heavy (non-hydrogen) atoms. The number of amides is 1. The second-order valence-electron chi connectivity index (χ2n) is 6.57. The molecule has 0 saturated carbocycles. The van der Waals surface area contributed by atoms with Gasteiger partial charge < -0.3 is 15.1 Å². The molecule has 1 amide bonds. The first-order valence-electron chi connectivity index (χ1n) is 9.27. The van der Waals surface area contributed by atoms with E-state index in [4.69, 9.17) is 5.26 Å². The monoisotopic (exact) mass is 385 g/mol. The van der Waals surface area contributed by atoms with Crippen molar-refractivity contribution in [1.82, 2.24) is 15.0 Å². The Kier molecular flexibility index (Phi) is 5.29. The molecule has 1 N–H and O–H groups in total. The average Bonchev–Trinajstić information content (AvgIpc) is 2.80. The van der Waals surface area contributed by atoms with Crippen LogP contribution in [-0.2, 0) is 0 Å². The molecule has 2 aromatic heterocycles. The number of nitrogens with one attached hydrogen (secondary N) is 1. The summed E-state index contributed by atoms with van der Waals surface area (Å²) in [5.41, 5.74) is 1.38. The lowest BCUT2D eigenvalue weighted by atomic mass is 10.2. The van der Waals surface area contributed by atoms with Gasteiger partial charge in [0.25, 0.3) is 5.91 Å². The molecule has 1 fully saturated rings. The van der Waals surface area contributed by atoms with Gasteiger partial charge in [0.1, 0.15) is 17.3 Å². The number of rotatable bonds is 4. The van der Waals surface area contributed by atoms with Crippen LogP contribution >= 0.6 is 0 Å². The number of pyridine rings is 1. The lowest BCUT2D eigenvalue weighted by molar-refractivity contribution is 0.102. The van der Waals surface area contributed by atoms with E-state index >= 15 is 0 Å². The van der Waals surface area contributed by atoms with Gasteiger partial charge in [-0.25, -0.2) is 15.0 Å². The van der Waals surface area contributed by atoms with Crippen molar-refractivity contribution >= 4 is 23.2 Å². The first kappa shape index (κ1) is 18.4. The highest BCUT2D eigenvalue weighted by atomic mass is 16.1. The second kappa shape index (κ2) is 8.35. The molecule has 0 bridgehead atoms. The van der Waals surface area contributed by atoms with Crippen LogP contribution in [0.3, 0.4) is 0 Å². The van der Waals surface area contributed by atoms with Crippen LogP contribution in [0.15, 0.2) is 61.1 Å². The molecule has 0 radical (unpaired) electrons. The number of carbonyl (C=O) groups excluding carboxylic acids is 1. The smallest absolute Gasteiger partial charge is 0.275 e. The van der Waals surface area contributed by atoms with Crippen LogP contribution in [0.1, 0.15) is 16.1 Å². The van der Waals surface area contributed by atoms with E-state index in [0.29, 0.717) is 11.3 Å². The highest BCUT2D eigenvalue weighted by molar-refractivity contribution is 6.02. The minimum Gasteiger partial charge on any atom is -0.353 e. The Hall–Kier alpha value is -3.99. The number of aromatic nitrogens is 3. The summed E-state index contributed by atoms with van der Waals surface area (Å²) < 4.78 is 0. The maximum absolute atomic E-state index is 12.4. The summed E-state index contributed by atoms with van der Waals surface area (Å²) in [5, 5.41) is 11.6. The van der Waals surface area contributed by atoms with Crippen molar-refractivity contribution in [3.8, 4) is 6.07 Å². The first-order valence-corrected chi connectivity index (χ1v) is 9.27. The fraction of sp³-hybridized carbons (Fsp3) is 0.190. The summed E-state index contributed by atoms with van der Waals surface area (Å²) in [6.45, 7) is 3.31. The Balaban J connectivity index is 1.35. The molecule has 4 rings (SSSR count). The van der Waals surface area contributed by atoms with Gasteiger partial charge >= 0.3 is 0 Å². The zero-order chi connectivity index (χ0) is 20.1. The molecule has 1 aromatic carbocycles. The number of hydrogen-bond acceptors (Lipinski definition) is 7.